The number of methoxy groups -OCH3 is 1. The number of nitrogens with zero attached hydrogens (tertiary/aromatic N) is 1. The van der Waals surface area contributed by atoms with E-state index in [-0.39, 0.29) is 0 Å². The van der Waals surface area contributed by atoms with Gasteiger partial charge in [-0.05, 0) is 37.3 Å². The second-order valence-electron chi connectivity index (χ2n) is 5.78. The molecule has 1 aromatic carbocycles. The molecule has 2 atom stereocenters. The Morgan fingerprint density at radius 3 is 2.95 bits per heavy atom. The minimum atomic E-state index is 0.502. The standard InChI is InChI=1S/C16H21ClN2OS/c1-10-7-14(15(20-2)8-12(10)17)19-16-18-13-6-4-3-5-11(13)9-21-16/h7-8,11,13H,3-6,9H2,1-2H3,(H,18,19). The SMILES string of the molecule is COc1cc(Cl)c(C)cc1NC1=NC2CCCCC2CS1. The number of ether oxygens (including phenoxy) is 1. The number of fused-ring (bicyclic) bond motifs is 1. The number of hydrogen-bond donors (Lipinski definition) is 1. The van der Waals surface area contributed by atoms with Gasteiger partial charge in [-0.3, -0.25) is 4.99 Å². The van der Waals surface area contributed by atoms with Crippen LogP contribution in [0.15, 0.2) is 17.1 Å². The zero-order chi connectivity index (χ0) is 14.8. The smallest absolute Gasteiger partial charge is 0.161 e. The molecule has 0 radical (unpaired) electrons. The number of benzene rings is 1. The number of halogens is 1. The molecular weight excluding hydrogens is 304 g/mol. The summed E-state index contributed by atoms with van der Waals surface area (Å²) in [5.74, 6) is 2.70. The van der Waals surface area contributed by atoms with Crippen LogP contribution in [0.5, 0.6) is 5.75 Å². The number of anilines is 1. The maximum absolute atomic E-state index is 6.16. The summed E-state index contributed by atoms with van der Waals surface area (Å²) in [4.78, 5) is 4.91. The second kappa shape index (κ2) is 6.49. The van der Waals surface area contributed by atoms with Crippen molar-refractivity contribution >= 4 is 34.2 Å². The molecule has 1 fully saturated rings. The van der Waals surface area contributed by atoms with Crippen molar-refractivity contribution in [2.75, 3.05) is 18.2 Å². The average molecular weight is 325 g/mol. The van der Waals surface area contributed by atoms with Crippen LogP contribution in [-0.4, -0.2) is 24.1 Å². The van der Waals surface area contributed by atoms with Crippen LogP contribution in [0.25, 0.3) is 0 Å². The Kier molecular flexibility index (Phi) is 4.65. The lowest BCUT2D eigenvalue weighted by Gasteiger charge is -2.32. The van der Waals surface area contributed by atoms with E-state index in [4.69, 9.17) is 21.3 Å². The second-order valence-corrected chi connectivity index (χ2v) is 7.20. The van der Waals surface area contributed by atoms with Crippen LogP contribution in [0, 0.1) is 12.8 Å². The highest BCUT2D eigenvalue weighted by Gasteiger charge is 2.29. The molecule has 5 heteroatoms. The molecule has 1 saturated carbocycles. The molecule has 21 heavy (non-hydrogen) atoms. The van der Waals surface area contributed by atoms with Crippen LogP contribution in [0.3, 0.4) is 0 Å². The Labute approximate surface area is 135 Å². The van der Waals surface area contributed by atoms with Gasteiger partial charge in [-0.1, -0.05) is 36.2 Å². The minimum absolute atomic E-state index is 0.502. The van der Waals surface area contributed by atoms with E-state index >= 15 is 0 Å². The zero-order valence-corrected chi connectivity index (χ0v) is 14.1. The summed E-state index contributed by atoms with van der Waals surface area (Å²) < 4.78 is 5.42. The number of aryl methyl sites for hydroxylation is 1. The molecule has 2 unspecified atom stereocenters. The van der Waals surface area contributed by atoms with Crippen molar-refractivity contribution in [1.82, 2.24) is 0 Å². The number of aliphatic imine (C=N–C) groups is 1. The predicted octanol–water partition coefficient (Wildman–Crippen LogP) is 4.73. The lowest BCUT2D eigenvalue weighted by molar-refractivity contribution is 0.336. The lowest BCUT2D eigenvalue weighted by Crippen LogP contribution is -2.31. The van der Waals surface area contributed by atoms with Gasteiger partial charge < -0.3 is 10.1 Å². The third-order valence-corrected chi connectivity index (χ3v) is 5.79. The predicted molar refractivity (Wildman–Crippen MR) is 92.0 cm³/mol. The topological polar surface area (TPSA) is 33.6 Å². The van der Waals surface area contributed by atoms with E-state index in [2.05, 4.69) is 5.32 Å². The first-order valence-electron chi connectivity index (χ1n) is 7.49. The molecule has 1 heterocycles. The number of amidine groups is 1. The summed E-state index contributed by atoms with van der Waals surface area (Å²) in [6.45, 7) is 2.00. The van der Waals surface area contributed by atoms with E-state index in [1.807, 2.05) is 30.8 Å². The number of hydrogen-bond acceptors (Lipinski definition) is 4. The van der Waals surface area contributed by atoms with Gasteiger partial charge in [0.1, 0.15) is 5.75 Å². The molecular formula is C16H21ClN2OS. The summed E-state index contributed by atoms with van der Waals surface area (Å²) >= 11 is 7.98. The van der Waals surface area contributed by atoms with Crippen LogP contribution in [-0.2, 0) is 0 Å². The summed E-state index contributed by atoms with van der Waals surface area (Å²) in [5, 5.41) is 5.17. The van der Waals surface area contributed by atoms with E-state index < -0.39 is 0 Å². The number of thioether (sulfide) groups is 1. The Morgan fingerprint density at radius 2 is 2.14 bits per heavy atom. The van der Waals surface area contributed by atoms with Crippen LogP contribution in [0.4, 0.5) is 5.69 Å². The molecule has 0 amide bonds. The fourth-order valence-corrected chi connectivity index (χ4v) is 4.35. The van der Waals surface area contributed by atoms with Crippen molar-refractivity contribution in [3.05, 3.63) is 22.7 Å². The first kappa shape index (κ1) is 15.0. The molecule has 1 aliphatic heterocycles. The highest BCUT2D eigenvalue weighted by atomic mass is 35.5. The van der Waals surface area contributed by atoms with E-state index in [9.17, 15) is 0 Å². The van der Waals surface area contributed by atoms with Gasteiger partial charge in [-0.2, -0.15) is 0 Å². The van der Waals surface area contributed by atoms with Crippen molar-refractivity contribution in [1.29, 1.82) is 0 Å². The summed E-state index contributed by atoms with van der Waals surface area (Å²) in [7, 11) is 1.67. The summed E-state index contributed by atoms with van der Waals surface area (Å²) in [6, 6.07) is 4.38. The number of nitrogens with one attached hydrogen (secondary N) is 1. The molecule has 3 nitrogen and oxygen atoms in total. The van der Waals surface area contributed by atoms with Gasteiger partial charge in [0.25, 0.3) is 0 Å². The maximum Gasteiger partial charge on any atom is 0.161 e. The first-order valence-corrected chi connectivity index (χ1v) is 8.85. The van der Waals surface area contributed by atoms with Crippen LogP contribution < -0.4 is 10.1 Å². The van der Waals surface area contributed by atoms with Crippen molar-refractivity contribution in [2.24, 2.45) is 10.9 Å². The number of rotatable bonds is 2. The third-order valence-electron chi connectivity index (χ3n) is 4.31. The Morgan fingerprint density at radius 1 is 1.33 bits per heavy atom. The van der Waals surface area contributed by atoms with Gasteiger partial charge in [-0.25, -0.2) is 0 Å². The van der Waals surface area contributed by atoms with Gasteiger partial charge in [0.05, 0.1) is 18.8 Å². The minimum Gasteiger partial charge on any atom is -0.495 e. The zero-order valence-electron chi connectivity index (χ0n) is 12.5. The van der Waals surface area contributed by atoms with Crippen molar-refractivity contribution in [3.8, 4) is 5.75 Å². The molecule has 2 aliphatic rings. The Bertz CT molecular complexity index is 561. The van der Waals surface area contributed by atoms with E-state index in [0.29, 0.717) is 6.04 Å². The fraction of sp³-hybridized carbons (Fsp3) is 0.562. The lowest BCUT2D eigenvalue weighted by atomic mass is 9.86. The molecule has 0 spiro atoms. The van der Waals surface area contributed by atoms with Crippen molar-refractivity contribution < 1.29 is 4.74 Å². The van der Waals surface area contributed by atoms with E-state index in [1.54, 1.807) is 7.11 Å². The molecule has 114 valence electrons. The van der Waals surface area contributed by atoms with E-state index in [0.717, 1.165) is 33.1 Å². The normalized spacial score (nSPS) is 25.0. The Balaban J connectivity index is 1.80. The summed E-state index contributed by atoms with van der Waals surface area (Å²) in [5.41, 5.74) is 1.98. The Hall–Kier alpha value is -0.870. The molecule has 1 N–H and O–H groups in total. The van der Waals surface area contributed by atoms with Gasteiger partial charge in [0, 0.05) is 16.8 Å². The monoisotopic (exact) mass is 324 g/mol. The highest BCUT2D eigenvalue weighted by Crippen LogP contribution is 2.36. The van der Waals surface area contributed by atoms with Crippen LogP contribution in [0.2, 0.25) is 5.02 Å². The fourth-order valence-electron chi connectivity index (χ4n) is 3.04. The molecule has 3 rings (SSSR count). The third kappa shape index (κ3) is 3.32. The van der Waals surface area contributed by atoms with Crippen molar-refractivity contribution in [3.63, 3.8) is 0 Å². The van der Waals surface area contributed by atoms with Crippen molar-refractivity contribution in [2.45, 2.75) is 38.6 Å². The van der Waals surface area contributed by atoms with E-state index in [1.165, 1.54) is 31.4 Å². The molecule has 1 aromatic rings. The van der Waals surface area contributed by atoms with Gasteiger partial charge in [0.15, 0.2) is 5.17 Å². The van der Waals surface area contributed by atoms with Gasteiger partial charge >= 0.3 is 0 Å². The molecule has 1 aliphatic carbocycles. The van der Waals surface area contributed by atoms with Gasteiger partial charge in [0.2, 0.25) is 0 Å². The maximum atomic E-state index is 6.16. The summed E-state index contributed by atoms with van der Waals surface area (Å²) in [6.07, 6.45) is 5.24. The van der Waals surface area contributed by atoms with Crippen LogP contribution >= 0.6 is 23.4 Å². The molecule has 0 saturated heterocycles. The van der Waals surface area contributed by atoms with Gasteiger partial charge in [-0.15, -0.1) is 0 Å². The van der Waals surface area contributed by atoms with Crippen LogP contribution in [0.1, 0.15) is 31.2 Å². The molecule has 0 aromatic heterocycles. The first-order chi connectivity index (χ1) is 10.2. The quantitative estimate of drug-likeness (QED) is 0.853. The average Bonchev–Trinajstić information content (AvgIpc) is 2.50. The highest BCUT2D eigenvalue weighted by molar-refractivity contribution is 8.14. The molecule has 0 bridgehead atoms. The largest absolute Gasteiger partial charge is 0.495 e.